The molecule has 8 heavy (non-hydrogen) atoms. The molecular weight excluding hydrogens is 100 g/mol. The van der Waals surface area contributed by atoms with E-state index >= 15 is 0 Å². The molecule has 0 aromatic carbocycles. The van der Waals surface area contributed by atoms with E-state index in [-0.39, 0.29) is 0 Å². The first-order valence-electron chi connectivity index (χ1n) is 2.39. The van der Waals surface area contributed by atoms with Crippen LogP contribution in [0.4, 0.5) is 0 Å². The zero-order valence-electron chi connectivity index (χ0n) is 4.52. The fourth-order valence-corrected chi connectivity index (χ4v) is 0.570. The highest BCUT2D eigenvalue weighted by molar-refractivity contribution is 5.17. The fraction of sp³-hybridized carbons (Fsp3) is 0. The quantitative estimate of drug-likeness (QED) is 0.445. The van der Waals surface area contributed by atoms with E-state index in [1.54, 1.807) is 6.20 Å². The molecule has 1 aromatic rings. The average Bonchev–Trinajstić information content (AvgIpc) is 2.14. The molecule has 0 aliphatic heterocycles. The Morgan fingerprint density at radius 3 is 2.75 bits per heavy atom. The fourth-order valence-electron chi connectivity index (χ4n) is 0.570. The van der Waals surface area contributed by atoms with Crippen molar-refractivity contribution < 1.29 is 0 Å². The van der Waals surface area contributed by atoms with E-state index in [9.17, 15) is 0 Å². The van der Waals surface area contributed by atoms with Crippen molar-refractivity contribution >= 4 is 12.8 Å². The van der Waals surface area contributed by atoms with Gasteiger partial charge in [0.2, 0.25) is 0 Å². The zero-order chi connectivity index (χ0) is 5.98. The molecule has 0 aliphatic carbocycles. The van der Waals surface area contributed by atoms with Crippen LogP contribution < -0.4 is 16.3 Å². The van der Waals surface area contributed by atoms with Crippen LogP contribution in [0.25, 0.3) is 12.8 Å². The Labute approximate surface area is 47.3 Å². The van der Waals surface area contributed by atoms with Gasteiger partial charge in [-0.1, -0.05) is 6.58 Å². The van der Waals surface area contributed by atoms with Gasteiger partial charge in [-0.05, 0) is 11.3 Å². The van der Waals surface area contributed by atoms with E-state index in [0.29, 0.717) is 0 Å². The summed E-state index contributed by atoms with van der Waals surface area (Å²) in [5, 5.41) is 1.83. The van der Waals surface area contributed by atoms with Gasteiger partial charge >= 0.3 is 0 Å². The predicted octanol–water partition coefficient (Wildman–Crippen LogP) is -0.878. The molecule has 0 atom stereocenters. The van der Waals surface area contributed by atoms with E-state index in [2.05, 4.69) is 11.6 Å². The maximum Gasteiger partial charge on any atom is 0.0605 e. The number of H-pyrrole nitrogens is 1. The van der Waals surface area contributed by atoms with Crippen molar-refractivity contribution in [1.29, 1.82) is 0 Å². The Bertz CT molecular complexity index is 258. The lowest BCUT2D eigenvalue weighted by Crippen LogP contribution is -2.21. The van der Waals surface area contributed by atoms with Crippen molar-refractivity contribution in [3.8, 4) is 0 Å². The molecule has 0 saturated heterocycles. The highest BCUT2D eigenvalue weighted by Gasteiger charge is 1.75. The summed E-state index contributed by atoms with van der Waals surface area (Å²) in [6.07, 6.45) is 3.31. The van der Waals surface area contributed by atoms with Crippen LogP contribution in [0.1, 0.15) is 0 Å². The van der Waals surface area contributed by atoms with Crippen molar-refractivity contribution in [2.75, 3.05) is 0 Å². The van der Waals surface area contributed by atoms with E-state index in [0.717, 1.165) is 10.6 Å². The third kappa shape index (κ3) is 0.601. The second-order valence-electron chi connectivity index (χ2n) is 1.58. The Kier molecular flexibility index (Phi) is 1.08. The van der Waals surface area contributed by atoms with Crippen molar-refractivity contribution in [3.05, 3.63) is 22.8 Å². The van der Waals surface area contributed by atoms with Crippen LogP contribution >= 0.6 is 0 Å². The van der Waals surface area contributed by atoms with Crippen LogP contribution in [0.15, 0.2) is 12.3 Å². The minimum Gasteiger partial charge on any atom is -0.403 e. The van der Waals surface area contributed by atoms with Gasteiger partial charge in [-0.3, -0.25) is 0 Å². The largest absolute Gasteiger partial charge is 0.403 e. The number of hydrogen-bond donors (Lipinski definition) is 2. The molecule has 2 heteroatoms. The summed E-state index contributed by atoms with van der Waals surface area (Å²) in [6.45, 7) is 3.71. The lowest BCUT2D eigenvalue weighted by molar-refractivity contribution is 1.31. The molecule has 3 N–H and O–H groups in total. The first-order valence-corrected chi connectivity index (χ1v) is 2.39. The topological polar surface area (TPSA) is 41.8 Å². The molecule has 1 heterocycles. The van der Waals surface area contributed by atoms with Gasteiger partial charge in [0, 0.05) is 12.4 Å². The van der Waals surface area contributed by atoms with Crippen LogP contribution in [-0.2, 0) is 0 Å². The molecule has 2 nitrogen and oxygen atoms in total. The number of aromatic amines is 1. The van der Waals surface area contributed by atoms with Gasteiger partial charge in [0.15, 0.2) is 0 Å². The predicted molar refractivity (Wildman–Crippen MR) is 34.2 cm³/mol. The Morgan fingerprint density at radius 1 is 1.75 bits per heavy atom. The van der Waals surface area contributed by atoms with Crippen molar-refractivity contribution in [2.45, 2.75) is 0 Å². The molecule has 0 radical (unpaired) electrons. The molecular formula is C6H8N2. The Hall–Kier alpha value is -1.18. The molecule has 0 spiro atoms. The molecule has 0 unspecified atom stereocenters. The molecule has 0 fully saturated rings. The summed E-state index contributed by atoms with van der Waals surface area (Å²) in [5.74, 6) is 0. The first kappa shape index (κ1) is 4.97. The second-order valence-corrected chi connectivity index (χ2v) is 1.58. The number of nitrogens with one attached hydrogen (secondary N) is 1. The van der Waals surface area contributed by atoms with Crippen LogP contribution in [0.3, 0.4) is 0 Å². The SMILES string of the molecule is C=c1cc[nH]/c1=C/N. The Morgan fingerprint density at radius 2 is 2.50 bits per heavy atom. The minimum absolute atomic E-state index is 0.894. The molecule has 42 valence electrons. The zero-order valence-corrected chi connectivity index (χ0v) is 4.52. The van der Waals surface area contributed by atoms with E-state index in [1.165, 1.54) is 6.20 Å². The van der Waals surface area contributed by atoms with Gasteiger partial charge in [0.25, 0.3) is 0 Å². The normalized spacial score (nSPS) is 12.2. The van der Waals surface area contributed by atoms with Gasteiger partial charge in [-0.15, -0.1) is 0 Å². The number of rotatable bonds is 0. The van der Waals surface area contributed by atoms with E-state index in [4.69, 9.17) is 5.73 Å². The average molecular weight is 108 g/mol. The van der Waals surface area contributed by atoms with Crippen LogP contribution in [0.5, 0.6) is 0 Å². The highest BCUT2D eigenvalue weighted by Crippen LogP contribution is 1.55. The number of aromatic nitrogens is 1. The summed E-state index contributed by atoms with van der Waals surface area (Å²) in [6, 6.07) is 1.87. The molecule has 0 saturated carbocycles. The van der Waals surface area contributed by atoms with E-state index in [1.807, 2.05) is 6.07 Å². The van der Waals surface area contributed by atoms with Crippen molar-refractivity contribution in [3.63, 3.8) is 0 Å². The number of hydrogen-bond acceptors (Lipinski definition) is 1. The highest BCUT2D eigenvalue weighted by atomic mass is 14.7. The summed E-state index contributed by atoms with van der Waals surface area (Å²) in [4.78, 5) is 2.91. The summed E-state index contributed by atoms with van der Waals surface area (Å²) >= 11 is 0. The monoisotopic (exact) mass is 108 g/mol. The van der Waals surface area contributed by atoms with Gasteiger partial charge in [0.05, 0.1) is 5.35 Å². The van der Waals surface area contributed by atoms with Gasteiger partial charge in [-0.25, -0.2) is 0 Å². The van der Waals surface area contributed by atoms with Gasteiger partial charge in [-0.2, -0.15) is 0 Å². The van der Waals surface area contributed by atoms with E-state index < -0.39 is 0 Å². The van der Waals surface area contributed by atoms with Crippen molar-refractivity contribution in [1.82, 2.24) is 4.98 Å². The molecule has 0 amide bonds. The molecule has 1 aromatic heterocycles. The standard InChI is InChI=1S/C6H8N2/c1-5-2-3-8-6(5)4-7/h2-4,8H,1,7H2/b6-4+. The third-order valence-electron chi connectivity index (χ3n) is 1.04. The maximum atomic E-state index is 5.20. The third-order valence-corrected chi connectivity index (χ3v) is 1.04. The first-order chi connectivity index (χ1) is 3.84. The smallest absolute Gasteiger partial charge is 0.0605 e. The van der Waals surface area contributed by atoms with Gasteiger partial charge < -0.3 is 10.7 Å². The maximum absolute atomic E-state index is 5.20. The lowest BCUT2D eigenvalue weighted by atomic mass is 10.5. The van der Waals surface area contributed by atoms with Gasteiger partial charge in [0.1, 0.15) is 0 Å². The van der Waals surface area contributed by atoms with Crippen LogP contribution in [0.2, 0.25) is 0 Å². The van der Waals surface area contributed by atoms with Crippen molar-refractivity contribution in [2.24, 2.45) is 5.73 Å². The second kappa shape index (κ2) is 1.74. The Balaban J connectivity index is 3.55. The summed E-state index contributed by atoms with van der Waals surface area (Å²) < 4.78 is 0. The lowest BCUT2D eigenvalue weighted by Gasteiger charge is -1.69. The number of nitrogens with two attached hydrogens (primary N) is 1. The summed E-state index contributed by atoms with van der Waals surface area (Å²) in [5.41, 5.74) is 5.20. The molecule has 1 rings (SSSR count). The summed E-state index contributed by atoms with van der Waals surface area (Å²) in [7, 11) is 0. The molecule has 0 bridgehead atoms. The minimum atomic E-state index is 0.894. The van der Waals surface area contributed by atoms with Crippen LogP contribution in [-0.4, -0.2) is 4.98 Å². The van der Waals surface area contributed by atoms with Crippen LogP contribution in [0, 0.1) is 0 Å². The molecule has 0 aliphatic rings.